The van der Waals surface area contributed by atoms with Crippen LogP contribution in [0.15, 0.2) is 52.3 Å². The van der Waals surface area contributed by atoms with E-state index in [4.69, 9.17) is 11.6 Å². The molecule has 0 radical (unpaired) electrons. The third-order valence-electron chi connectivity index (χ3n) is 5.22. The van der Waals surface area contributed by atoms with Crippen molar-refractivity contribution in [1.29, 1.82) is 0 Å². The molecule has 2 aromatic heterocycles. The molecular formula is C19H19ClF2N6O3S. The van der Waals surface area contributed by atoms with Crippen LogP contribution in [0.3, 0.4) is 0 Å². The van der Waals surface area contributed by atoms with Gasteiger partial charge in [0.05, 0.1) is 17.6 Å². The van der Waals surface area contributed by atoms with Crippen LogP contribution in [0.4, 0.5) is 14.6 Å². The van der Waals surface area contributed by atoms with Gasteiger partial charge in [0.15, 0.2) is 0 Å². The molecular weight excluding hydrogens is 466 g/mol. The minimum absolute atomic E-state index is 0.112. The normalized spacial score (nSPS) is 15.5. The number of hydrogen-bond acceptors (Lipinski definition) is 6. The van der Waals surface area contributed by atoms with Crippen molar-refractivity contribution in [2.45, 2.75) is 18.4 Å². The molecule has 0 amide bonds. The third-order valence-corrected chi connectivity index (χ3v) is 7.48. The first-order valence-electron chi connectivity index (χ1n) is 9.62. The van der Waals surface area contributed by atoms with E-state index >= 15 is 0 Å². The summed E-state index contributed by atoms with van der Waals surface area (Å²) in [6.45, 7) is -0.739. The number of halogens is 3. The maximum absolute atomic E-state index is 13.0. The summed E-state index contributed by atoms with van der Waals surface area (Å²) in [4.78, 5) is 13.9. The number of benzene rings is 1. The van der Waals surface area contributed by atoms with Gasteiger partial charge in [0.2, 0.25) is 10.0 Å². The lowest BCUT2D eigenvalue weighted by molar-refractivity contribution is 0.0541. The van der Waals surface area contributed by atoms with E-state index in [0.717, 1.165) is 6.20 Å². The smallest absolute Gasteiger partial charge is 0.333 e. The van der Waals surface area contributed by atoms with Crippen molar-refractivity contribution in [3.63, 3.8) is 0 Å². The Hall–Kier alpha value is -2.83. The van der Waals surface area contributed by atoms with Gasteiger partial charge in [-0.25, -0.2) is 13.1 Å². The van der Waals surface area contributed by atoms with E-state index in [2.05, 4.69) is 10.2 Å². The lowest BCUT2D eigenvalue weighted by Crippen LogP contribution is -2.49. The van der Waals surface area contributed by atoms with Crippen molar-refractivity contribution < 1.29 is 17.2 Å². The number of sulfonamides is 1. The lowest BCUT2D eigenvalue weighted by Gasteiger charge is -2.34. The molecule has 0 saturated carbocycles. The Bertz CT molecular complexity index is 1290. The maximum Gasteiger partial charge on any atom is 0.333 e. The van der Waals surface area contributed by atoms with E-state index in [-0.39, 0.29) is 29.2 Å². The van der Waals surface area contributed by atoms with E-state index in [0.29, 0.717) is 34.3 Å². The largest absolute Gasteiger partial charge is 0.353 e. The summed E-state index contributed by atoms with van der Waals surface area (Å²) in [6, 6.07) is 9.62. The van der Waals surface area contributed by atoms with Gasteiger partial charge in [-0.2, -0.15) is 22.9 Å². The van der Waals surface area contributed by atoms with Crippen molar-refractivity contribution in [3.05, 3.63) is 63.7 Å². The summed E-state index contributed by atoms with van der Waals surface area (Å²) in [5.74, 6) is 0.512. The standard InChI is InChI=1S/C19H19ClF2N6O3S/c1-13-16(12-23-27(13)19(21)22)32(30,31)26-10-8-25(9-11-26)17-6-7-18(29)28(24-17)15-4-2-14(20)3-5-15/h2-7,12,19H,8-11H2,1H3. The molecule has 1 aliphatic rings. The highest BCUT2D eigenvalue weighted by molar-refractivity contribution is 7.89. The second-order valence-corrected chi connectivity index (χ2v) is 9.47. The number of alkyl halides is 2. The number of hydrogen-bond donors (Lipinski definition) is 0. The fourth-order valence-electron chi connectivity index (χ4n) is 3.49. The quantitative estimate of drug-likeness (QED) is 0.551. The van der Waals surface area contributed by atoms with Gasteiger partial charge in [-0.3, -0.25) is 4.79 Å². The van der Waals surface area contributed by atoms with Crippen LogP contribution in [0.1, 0.15) is 12.2 Å². The van der Waals surface area contributed by atoms with Crippen LogP contribution in [0.2, 0.25) is 5.02 Å². The summed E-state index contributed by atoms with van der Waals surface area (Å²) >= 11 is 5.90. The van der Waals surface area contributed by atoms with Crippen LogP contribution in [0.5, 0.6) is 0 Å². The minimum atomic E-state index is -3.97. The Kier molecular flexibility index (Phi) is 6.01. The highest BCUT2D eigenvalue weighted by atomic mass is 35.5. The summed E-state index contributed by atoms with van der Waals surface area (Å²) in [7, 11) is -3.97. The first-order valence-corrected chi connectivity index (χ1v) is 11.4. The maximum atomic E-state index is 13.0. The number of anilines is 1. The van der Waals surface area contributed by atoms with Crippen LogP contribution < -0.4 is 10.5 Å². The Morgan fingerprint density at radius 3 is 2.28 bits per heavy atom. The second-order valence-electron chi connectivity index (χ2n) is 7.13. The monoisotopic (exact) mass is 484 g/mol. The summed E-state index contributed by atoms with van der Waals surface area (Å²) in [5.41, 5.74) is 0.122. The Morgan fingerprint density at radius 1 is 1.03 bits per heavy atom. The predicted octanol–water partition coefficient (Wildman–Crippen LogP) is 2.30. The molecule has 0 aliphatic carbocycles. The molecule has 3 aromatic rings. The fraction of sp³-hybridized carbons (Fsp3) is 0.316. The number of rotatable bonds is 5. The van der Waals surface area contributed by atoms with E-state index in [1.54, 1.807) is 30.3 Å². The zero-order chi connectivity index (χ0) is 23.0. The zero-order valence-corrected chi connectivity index (χ0v) is 18.5. The molecule has 4 rings (SSSR count). The molecule has 0 N–H and O–H groups in total. The first-order chi connectivity index (χ1) is 15.2. The summed E-state index contributed by atoms with van der Waals surface area (Å²) < 4.78 is 54.7. The molecule has 170 valence electrons. The third kappa shape index (κ3) is 4.12. The molecule has 1 aliphatic heterocycles. The molecule has 1 fully saturated rings. The zero-order valence-electron chi connectivity index (χ0n) is 16.9. The average molecular weight is 485 g/mol. The topological polar surface area (TPSA) is 93.3 Å². The van der Waals surface area contributed by atoms with E-state index < -0.39 is 16.6 Å². The van der Waals surface area contributed by atoms with Gasteiger partial charge in [0.25, 0.3) is 5.56 Å². The van der Waals surface area contributed by atoms with Crippen molar-refractivity contribution in [2.75, 3.05) is 31.1 Å². The van der Waals surface area contributed by atoms with Crippen molar-refractivity contribution in [1.82, 2.24) is 23.9 Å². The molecule has 1 aromatic carbocycles. The molecule has 1 saturated heterocycles. The molecule has 0 bridgehead atoms. The fourth-order valence-corrected chi connectivity index (χ4v) is 5.19. The highest BCUT2D eigenvalue weighted by Crippen LogP contribution is 2.24. The Labute approximate surface area is 187 Å². The Balaban J connectivity index is 1.52. The van der Waals surface area contributed by atoms with Crippen molar-refractivity contribution in [2.24, 2.45) is 0 Å². The summed E-state index contributed by atoms with van der Waals surface area (Å²) in [5, 5.41) is 8.42. The molecule has 13 heteroatoms. The van der Waals surface area contributed by atoms with Crippen LogP contribution in [0, 0.1) is 6.92 Å². The van der Waals surface area contributed by atoms with Gasteiger partial charge in [0.1, 0.15) is 10.7 Å². The first kappa shape index (κ1) is 22.4. The van der Waals surface area contributed by atoms with Crippen LogP contribution >= 0.6 is 11.6 Å². The number of piperazine rings is 1. The highest BCUT2D eigenvalue weighted by Gasteiger charge is 2.32. The van der Waals surface area contributed by atoms with Gasteiger partial charge in [0, 0.05) is 37.3 Å². The van der Waals surface area contributed by atoms with Crippen molar-refractivity contribution >= 4 is 27.4 Å². The van der Waals surface area contributed by atoms with Gasteiger partial charge < -0.3 is 4.90 Å². The lowest BCUT2D eigenvalue weighted by atomic mass is 10.3. The van der Waals surface area contributed by atoms with Crippen LogP contribution in [-0.4, -0.2) is 58.5 Å². The van der Waals surface area contributed by atoms with E-state index in [1.807, 2.05) is 4.90 Å². The van der Waals surface area contributed by atoms with Crippen molar-refractivity contribution in [3.8, 4) is 5.69 Å². The van der Waals surface area contributed by atoms with E-state index in [1.165, 1.54) is 22.0 Å². The number of nitrogens with zero attached hydrogens (tertiary/aromatic N) is 6. The predicted molar refractivity (Wildman–Crippen MR) is 114 cm³/mol. The average Bonchev–Trinajstić information content (AvgIpc) is 3.17. The van der Waals surface area contributed by atoms with Gasteiger partial charge in [-0.1, -0.05) is 11.6 Å². The second kappa shape index (κ2) is 8.60. The molecule has 0 unspecified atom stereocenters. The molecule has 0 atom stereocenters. The molecule has 9 nitrogen and oxygen atoms in total. The van der Waals surface area contributed by atoms with E-state index in [9.17, 15) is 22.0 Å². The molecule has 32 heavy (non-hydrogen) atoms. The van der Waals surface area contributed by atoms with Crippen LogP contribution in [-0.2, 0) is 10.0 Å². The van der Waals surface area contributed by atoms with Crippen LogP contribution in [0.25, 0.3) is 5.69 Å². The molecule has 3 heterocycles. The molecule has 0 spiro atoms. The summed E-state index contributed by atoms with van der Waals surface area (Å²) in [6.07, 6.45) is 0.951. The number of aromatic nitrogens is 4. The van der Waals surface area contributed by atoms with Gasteiger partial charge in [-0.15, -0.1) is 5.10 Å². The van der Waals surface area contributed by atoms with Gasteiger partial charge >= 0.3 is 6.55 Å². The Morgan fingerprint density at radius 2 is 1.69 bits per heavy atom. The van der Waals surface area contributed by atoms with Gasteiger partial charge in [-0.05, 0) is 37.3 Å². The SMILES string of the molecule is Cc1c(S(=O)(=O)N2CCN(c3ccc(=O)n(-c4ccc(Cl)cc4)n3)CC2)cnn1C(F)F. The minimum Gasteiger partial charge on any atom is -0.353 e.